The van der Waals surface area contributed by atoms with E-state index in [0.29, 0.717) is 0 Å². The van der Waals surface area contributed by atoms with E-state index in [1.807, 2.05) is 0 Å². The van der Waals surface area contributed by atoms with E-state index in [0.717, 1.165) is 25.3 Å². The Morgan fingerprint density at radius 2 is 1.95 bits per heavy atom. The molecule has 1 heterocycles. The summed E-state index contributed by atoms with van der Waals surface area (Å²) in [5.74, 6) is -0.178. The van der Waals surface area contributed by atoms with Crippen molar-refractivity contribution in [2.75, 3.05) is 0 Å². The van der Waals surface area contributed by atoms with Crippen LogP contribution in [0.15, 0.2) is 30.3 Å². The van der Waals surface area contributed by atoms with Gasteiger partial charge in [-0.2, -0.15) is 0 Å². The predicted molar refractivity (Wildman–Crippen MR) is 91.4 cm³/mol. The number of rotatable bonds is 5. The van der Waals surface area contributed by atoms with E-state index in [1.54, 1.807) is 0 Å². The Hall–Kier alpha value is -1.13. The van der Waals surface area contributed by atoms with Gasteiger partial charge in [-0.25, -0.2) is 0 Å². The standard InChI is InChI=1S/C18H28O3Si/c1-5-16-11-17(20-14(2)19)12-18(21-16)22(3,4)13-15-9-7-6-8-10-15/h6-10,16-18H,5,11-13H2,1-4H3/t16-,17+,18+/m1/s1. The summed E-state index contributed by atoms with van der Waals surface area (Å²) in [4.78, 5) is 11.3. The molecule has 1 fully saturated rings. The summed E-state index contributed by atoms with van der Waals surface area (Å²) in [6, 6.07) is 11.7. The van der Waals surface area contributed by atoms with Gasteiger partial charge < -0.3 is 9.47 Å². The van der Waals surface area contributed by atoms with Crippen LogP contribution in [0, 0.1) is 0 Å². The lowest BCUT2D eigenvalue weighted by Gasteiger charge is -2.41. The Morgan fingerprint density at radius 1 is 1.27 bits per heavy atom. The highest BCUT2D eigenvalue weighted by molar-refractivity contribution is 6.78. The van der Waals surface area contributed by atoms with Crippen molar-refractivity contribution in [2.24, 2.45) is 0 Å². The molecule has 122 valence electrons. The topological polar surface area (TPSA) is 35.5 Å². The lowest BCUT2D eigenvalue weighted by molar-refractivity contribution is -0.155. The quantitative estimate of drug-likeness (QED) is 0.609. The smallest absolute Gasteiger partial charge is 0.302 e. The zero-order chi connectivity index (χ0) is 16.2. The largest absolute Gasteiger partial charge is 0.462 e. The molecule has 1 aliphatic rings. The summed E-state index contributed by atoms with van der Waals surface area (Å²) >= 11 is 0. The molecule has 3 atom stereocenters. The first-order chi connectivity index (χ1) is 10.4. The number of benzene rings is 1. The van der Waals surface area contributed by atoms with Crippen LogP contribution in [0.5, 0.6) is 0 Å². The summed E-state index contributed by atoms with van der Waals surface area (Å²) in [6.07, 6.45) is 2.89. The number of ether oxygens (including phenoxy) is 2. The van der Waals surface area contributed by atoms with Crippen LogP contribution in [0.4, 0.5) is 0 Å². The Labute approximate surface area is 135 Å². The second-order valence-corrected chi connectivity index (χ2v) is 12.0. The minimum Gasteiger partial charge on any atom is -0.462 e. The minimum absolute atomic E-state index is 0.0174. The first-order valence-corrected chi connectivity index (χ1v) is 11.6. The number of carbonyl (C=O) groups is 1. The minimum atomic E-state index is -1.61. The highest BCUT2D eigenvalue weighted by Crippen LogP contribution is 2.31. The monoisotopic (exact) mass is 320 g/mol. The maximum atomic E-state index is 11.3. The third-order valence-corrected chi connectivity index (χ3v) is 7.96. The molecule has 0 amide bonds. The van der Waals surface area contributed by atoms with Gasteiger partial charge in [-0.1, -0.05) is 55.9 Å². The van der Waals surface area contributed by atoms with E-state index in [9.17, 15) is 4.79 Å². The third-order valence-electron chi connectivity index (χ3n) is 4.52. The van der Waals surface area contributed by atoms with Gasteiger partial charge in [0.25, 0.3) is 0 Å². The van der Waals surface area contributed by atoms with Crippen LogP contribution in [-0.2, 0) is 20.3 Å². The van der Waals surface area contributed by atoms with Crippen LogP contribution in [0.2, 0.25) is 13.1 Å². The molecule has 2 rings (SSSR count). The van der Waals surface area contributed by atoms with Gasteiger partial charge in [-0.3, -0.25) is 4.79 Å². The lowest BCUT2D eigenvalue weighted by Crippen LogP contribution is -2.52. The van der Waals surface area contributed by atoms with E-state index in [-0.39, 0.29) is 23.9 Å². The van der Waals surface area contributed by atoms with Crippen molar-refractivity contribution in [3.63, 3.8) is 0 Å². The van der Waals surface area contributed by atoms with Crippen LogP contribution in [0.25, 0.3) is 0 Å². The van der Waals surface area contributed by atoms with E-state index >= 15 is 0 Å². The maximum Gasteiger partial charge on any atom is 0.302 e. The van der Waals surface area contributed by atoms with Crippen molar-refractivity contribution in [1.29, 1.82) is 0 Å². The lowest BCUT2D eigenvalue weighted by atomic mass is 10.0. The van der Waals surface area contributed by atoms with Crippen molar-refractivity contribution < 1.29 is 14.3 Å². The van der Waals surface area contributed by atoms with Gasteiger partial charge in [0.05, 0.1) is 19.9 Å². The number of esters is 1. The van der Waals surface area contributed by atoms with Gasteiger partial charge in [-0.05, 0) is 12.5 Å². The van der Waals surface area contributed by atoms with Gasteiger partial charge >= 0.3 is 5.97 Å². The van der Waals surface area contributed by atoms with Crippen molar-refractivity contribution in [3.8, 4) is 0 Å². The van der Waals surface area contributed by atoms with Gasteiger partial charge in [0.15, 0.2) is 0 Å². The molecular formula is C18H28O3Si. The number of hydrogen-bond donors (Lipinski definition) is 0. The van der Waals surface area contributed by atoms with Crippen LogP contribution >= 0.6 is 0 Å². The molecule has 0 unspecified atom stereocenters. The summed E-state index contributed by atoms with van der Waals surface area (Å²) < 4.78 is 11.9. The van der Waals surface area contributed by atoms with Crippen molar-refractivity contribution in [1.82, 2.24) is 0 Å². The highest BCUT2D eigenvalue weighted by atomic mass is 28.3. The average Bonchev–Trinajstić information content (AvgIpc) is 2.46. The molecule has 1 aromatic carbocycles. The molecule has 4 heteroatoms. The van der Waals surface area contributed by atoms with Crippen molar-refractivity contribution in [2.45, 2.75) is 70.2 Å². The normalized spacial score (nSPS) is 25.7. The molecule has 0 radical (unpaired) electrons. The number of hydrogen-bond acceptors (Lipinski definition) is 3. The van der Waals surface area contributed by atoms with Crippen LogP contribution in [0.3, 0.4) is 0 Å². The second kappa shape index (κ2) is 7.42. The predicted octanol–water partition coefficient (Wildman–Crippen LogP) is 3.91. The molecular weight excluding hydrogens is 292 g/mol. The van der Waals surface area contributed by atoms with Crippen LogP contribution in [0.1, 0.15) is 38.7 Å². The van der Waals surface area contributed by atoms with E-state index in [2.05, 4.69) is 50.3 Å². The fourth-order valence-corrected chi connectivity index (χ4v) is 6.28. The van der Waals surface area contributed by atoms with E-state index in [1.165, 1.54) is 12.5 Å². The molecule has 0 bridgehead atoms. The van der Waals surface area contributed by atoms with Crippen molar-refractivity contribution >= 4 is 14.0 Å². The molecule has 0 aliphatic carbocycles. The second-order valence-electron chi connectivity index (χ2n) is 7.01. The first kappa shape index (κ1) is 17.2. The average molecular weight is 321 g/mol. The molecule has 0 spiro atoms. The fourth-order valence-electron chi connectivity index (χ4n) is 3.30. The zero-order valence-corrected chi connectivity index (χ0v) is 15.2. The maximum absolute atomic E-state index is 11.3. The SMILES string of the molecule is CC[C@@H]1C[C@H](OC(C)=O)C[C@H]([Si](C)(C)Cc2ccccc2)O1. The molecule has 1 aromatic rings. The molecule has 1 aliphatic heterocycles. The van der Waals surface area contributed by atoms with Gasteiger partial charge in [0.2, 0.25) is 0 Å². The van der Waals surface area contributed by atoms with Gasteiger partial charge in [0.1, 0.15) is 6.10 Å². The molecule has 0 N–H and O–H groups in total. The molecule has 0 saturated carbocycles. The summed E-state index contributed by atoms with van der Waals surface area (Å²) in [5, 5.41) is 0. The van der Waals surface area contributed by atoms with E-state index in [4.69, 9.17) is 9.47 Å². The fraction of sp³-hybridized carbons (Fsp3) is 0.611. The van der Waals surface area contributed by atoms with Gasteiger partial charge in [-0.15, -0.1) is 0 Å². The summed E-state index contributed by atoms with van der Waals surface area (Å²) in [6.45, 7) is 8.41. The highest BCUT2D eigenvalue weighted by Gasteiger charge is 2.40. The van der Waals surface area contributed by atoms with Gasteiger partial charge in [0, 0.05) is 19.8 Å². The van der Waals surface area contributed by atoms with Crippen LogP contribution in [-0.4, -0.2) is 32.0 Å². The summed E-state index contributed by atoms with van der Waals surface area (Å²) in [7, 11) is -1.61. The Morgan fingerprint density at radius 3 is 2.55 bits per heavy atom. The Balaban J connectivity index is 2.08. The Kier molecular flexibility index (Phi) is 5.81. The van der Waals surface area contributed by atoms with E-state index < -0.39 is 8.07 Å². The summed E-state index contributed by atoms with van der Waals surface area (Å²) in [5.41, 5.74) is 1.63. The molecule has 22 heavy (non-hydrogen) atoms. The zero-order valence-electron chi connectivity index (χ0n) is 14.2. The molecule has 3 nitrogen and oxygen atoms in total. The van der Waals surface area contributed by atoms with Crippen LogP contribution < -0.4 is 0 Å². The van der Waals surface area contributed by atoms with Crippen molar-refractivity contribution in [3.05, 3.63) is 35.9 Å². The third kappa shape index (κ3) is 4.68. The number of carbonyl (C=O) groups excluding carboxylic acids is 1. The Bertz CT molecular complexity index is 486. The molecule has 1 saturated heterocycles. The molecule has 0 aromatic heterocycles. The first-order valence-electron chi connectivity index (χ1n) is 8.27.